The van der Waals surface area contributed by atoms with Gasteiger partial charge in [-0.2, -0.15) is 5.10 Å². The summed E-state index contributed by atoms with van der Waals surface area (Å²) in [4.78, 5) is 0. The Hall–Kier alpha value is -0.830. The Bertz CT molecular complexity index is 359. The monoisotopic (exact) mass is 221 g/mol. The zero-order valence-electron chi connectivity index (χ0n) is 10.9. The summed E-state index contributed by atoms with van der Waals surface area (Å²) >= 11 is 0. The van der Waals surface area contributed by atoms with Gasteiger partial charge in [0.25, 0.3) is 0 Å². The van der Waals surface area contributed by atoms with Crippen molar-refractivity contribution in [2.75, 3.05) is 13.1 Å². The van der Waals surface area contributed by atoms with Crippen LogP contribution in [0.5, 0.6) is 0 Å². The maximum atomic E-state index is 4.73. The van der Waals surface area contributed by atoms with Gasteiger partial charge >= 0.3 is 0 Å². The SMILES string of the molecule is Cc1c(C(C)C)c(C2CCCNC2)nn1C. The molecule has 16 heavy (non-hydrogen) atoms. The Morgan fingerprint density at radius 2 is 2.19 bits per heavy atom. The van der Waals surface area contributed by atoms with Gasteiger partial charge < -0.3 is 5.32 Å². The van der Waals surface area contributed by atoms with Crippen molar-refractivity contribution in [3.8, 4) is 0 Å². The molecule has 90 valence electrons. The minimum atomic E-state index is 0.575. The van der Waals surface area contributed by atoms with Crippen LogP contribution in [0.2, 0.25) is 0 Å². The van der Waals surface area contributed by atoms with Crippen LogP contribution in [0.15, 0.2) is 0 Å². The van der Waals surface area contributed by atoms with E-state index in [-0.39, 0.29) is 0 Å². The smallest absolute Gasteiger partial charge is 0.0705 e. The Balaban J connectivity index is 2.35. The molecule has 1 atom stereocenters. The molecule has 2 heterocycles. The Kier molecular flexibility index (Phi) is 3.33. The number of piperidine rings is 1. The van der Waals surface area contributed by atoms with E-state index in [1.54, 1.807) is 0 Å². The van der Waals surface area contributed by atoms with Crippen LogP contribution in [0, 0.1) is 6.92 Å². The summed E-state index contributed by atoms with van der Waals surface area (Å²) in [6.07, 6.45) is 2.56. The van der Waals surface area contributed by atoms with Crippen LogP contribution in [-0.2, 0) is 7.05 Å². The van der Waals surface area contributed by atoms with Gasteiger partial charge in [0.05, 0.1) is 5.69 Å². The molecule has 0 amide bonds. The van der Waals surface area contributed by atoms with Crippen LogP contribution in [0.1, 0.15) is 55.5 Å². The van der Waals surface area contributed by atoms with Crippen molar-refractivity contribution in [1.29, 1.82) is 0 Å². The molecule has 0 aliphatic carbocycles. The average Bonchev–Trinajstić information content (AvgIpc) is 2.57. The van der Waals surface area contributed by atoms with Crippen LogP contribution >= 0.6 is 0 Å². The Morgan fingerprint density at radius 1 is 1.44 bits per heavy atom. The van der Waals surface area contributed by atoms with E-state index in [4.69, 9.17) is 5.10 Å². The number of rotatable bonds is 2. The van der Waals surface area contributed by atoms with Crippen LogP contribution in [0.25, 0.3) is 0 Å². The fourth-order valence-corrected chi connectivity index (χ4v) is 2.75. The van der Waals surface area contributed by atoms with E-state index in [0.717, 1.165) is 6.54 Å². The lowest BCUT2D eigenvalue weighted by Gasteiger charge is -2.23. The van der Waals surface area contributed by atoms with E-state index < -0.39 is 0 Å². The Labute approximate surface area is 98.2 Å². The minimum absolute atomic E-state index is 0.575. The van der Waals surface area contributed by atoms with Gasteiger partial charge in [0, 0.05) is 25.2 Å². The van der Waals surface area contributed by atoms with Crippen molar-refractivity contribution in [3.05, 3.63) is 17.0 Å². The highest BCUT2D eigenvalue weighted by atomic mass is 15.3. The molecule has 2 rings (SSSR count). The summed E-state index contributed by atoms with van der Waals surface area (Å²) in [6.45, 7) is 8.98. The number of nitrogens with one attached hydrogen (secondary N) is 1. The maximum absolute atomic E-state index is 4.73. The molecule has 1 fully saturated rings. The molecule has 1 N–H and O–H groups in total. The summed E-state index contributed by atoms with van der Waals surface area (Å²) in [5.41, 5.74) is 4.13. The molecule has 1 aliphatic heterocycles. The zero-order chi connectivity index (χ0) is 11.7. The fourth-order valence-electron chi connectivity index (χ4n) is 2.75. The summed E-state index contributed by atoms with van der Waals surface area (Å²) in [7, 11) is 2.06. The molecule has 0 aromatic carbocycles. The third kappa shape index (κ3) is 2.01. The highest BCUT2D eigenvalue weighted by Crippen LogP contribution is 2.31. The highest BCUT2D eigenvalue weighted by Gasteiger charge is 2.24. The predicted molar refractivity (Wildman–Crippen MR) is 66.9 cm³/mol. The summed E-state index contributed by atoms with van der Waals surface area (Å²) in [6, 6.07) is 0. The summed E-state index contributed by atoms with van der Waals surface area (Å²) < 4.78 is 2.04. The molecule has 1 aliphatic rings. The van der Waals surface area contributed by atoms with Gasteiger partial charge in [0.1, 0.15) is 0 Å². The molecule has 0 spiro atoms. The maximum Gasteiger partial charge on any atom is 0.0705 e. The van der Waals surface area contributed by atoms with E-state index >= 15 is 0 Å². The van der Waals surface area contributed by atoms with E-state index in [0.29, 0.717) is 11.8 Å². The van der Waals surface area contributed by atoms with Gasteiger partial charge in [-0.05, 0) is 37.8 Å². The average molecular weight is 221 g/mol. The van der Waals surface area contributed by atoms with Crippen molar-refractivity contribution in [3.63, 3.8) is 0 Å². The van der Waals surface area contributed by atoms with Gasteiger partial charge in [-0.3, -0.25) is 4.68 Å². The number of aryl methyl sites for hydroxylation is 1. The molecule has 3 nitrogen and oxygen atoms in total. The van der Waals surface area contributed by atoms with Crippen LogP contribution in [-0.4, -0.2) is 22.9 Å². The van der Waals surface area contributed by atoms with Gasteiger partial charge in [-0.15, -0.1) is 0 Å². The second-order valence-corrected chi connectivity index (χ2v) is 5.21. The van der Waals surface area contributed by atoms with Crippen molar-refractivity contribution in [2.24, 2.45) is 7.05 Å². The highest BCUT2D eigenvalue weighted by molar-refractivity contribution is 5.31. The quantitative estimate of drug-likeness (QED) is 0.830. The van der Waals surface area contributed by atoms with E-state index in [1.807, 2.05) is 4.68 Å². The van der Waals surface area contributed by atoms with Gasteiger partial charge in [-0.25, -0.2) is 0 Å². The molecular weight excluding hydrogens is 198 g/mol. The first-order valence-corrected chi connectivity index (χ1v) is 6.35. The van der Waals surface area contributed by atoms with Crippen LogP contribution in [0.3, 0.4) is 0 Å². The minimum Gasteiger partial charge on any atom is -0.316 e. The molecule has 3 heteroatoms. The third-order valence-corrected chi connectivity index (χ3v) is 3.67. The van der Waals surface area contributed by atoms with Crippen LogP contribution in [0.4, 0.5) is 0 Å². The summed E-state index contributed by atoms with van der Waals surface area (Å²) in [5, 5.41) is 8.21. The van der Waals surface area contributed by atoms with E-state index in [2.05, 4.69) is 33.1 Å². The lowest BCUT2D eigenvalue weighted by atomic mass is 9.89. The Morgan fingerprint density at radius 3 is 2.75 bits per heavy atom. The zero-order valence-corrected chi connectivity index (χ0v) is 10.9. The number of aromatic nitrogens is 2. The number of hydrogen-bond donors (Lipinski definition) is 1. The molecule has 0 radical (unpaired) electrons. The van der Waals surface area contributed by atoms with Gasteiger partial charge in [-0.1, -0.05) is 13.8 Å². The normalized spacial score (nSPS) is 21.7. The number of hydrogen-bond acceptors (Lipinski definition) is 2. The van der Waals surface area contributed by atoms with Crippen LogP contribution < -0.4 is 5.32 Å². The first kappa shape index (κ1) is 11.6. The topological polar surface area (TPSA) is 29.9 Å². The first-order valence-electron chi connectivity index (χ1n) is 6.35. The third-order valence-electron chi connectivity index (χ3n) is 3.67. The van der Waals surface area contributed by atoms with Crippen molar-refractivity contribution in [2.45, 2.75) is 45.4 Å². The molecule has 0 bridgehead atoms. The molecule has 1 saturated heterocycles. The molecule has 1 unspecified atom stereocenters. The summed E-state index contributed by atoms with van der Waals surface area (Å²) in [5.74, 6) is 1.19. The largest absolute Gasteiger partial charge is 0.316 e. The van der Waals surface area contributed by atoms with Gasteiger partial charge in [0.2, 0.25) is 0 Å². The number of nitrogens with zero attached hydrogens (tertiary/aromatic N) is 2. The van der Waals surface area contributed by atoms with Crippen molar-refractivity contribution < 1.29 is 0 Å². The van der Waals surface area contributed by atoms with E-state index in [1.165, 1.54) is 36.3 Å². The standard InChI is InChI=1S/C13H23N3/c1-9(2)12-10(3)16(4)15-13(12)11-6-5-7-14-8-11/h9,11,14H,5-8H2,1-4H3. The predicted octanol–water partition coefficient (Wildman–Crippen LogP) is 2.32. The van der Waals surface area contributed by atoms with E-state index in [9.17, 15) is 0 Å². The second-order valence-electron chi connectivity index (χ2n) is 5.21. The molecule has 1 aromatic rings. The molecular formula is C13H23N3. The lowest BCUT2D eigenvalue weighted by Crippen LogP contribution is -2.29. The first-order chi connectivity index (χ1) is 7.61. The fraction of sp³-hybridized carbons (Fsp3) is 0.769. The molecule has 0 saturated carbocycles. The van der Waals surface area contributed by atoms with Crippen molar-refractivity contribution in [1.82, 2.24) is 15.1 Å². The van der Waals surface area contributed by atoms with Gasteiger partial charge in [0.15, 0.2) is 0 Å². The molecule has 1 aromatic heterocycles. The van der Waals surface area contributed by atoms with Crippen molar-refractivity contribution >= 4 is 0 Å². The lowest BCUT2D eigenvalue weighted by molar-refractivity contribution is 0.448. The second kappa shape index (κ2) is 4.58.